The van der Waals surface area contributed by atoms with E-state index in [4.69, 9.17) is 4.74 Å². The standard InChI is InChI=1S/C13H21NO4/c1-13(2,3)18-12(17)14-7-9(8-4-5-8)6-10(14)11(15)16/h8-10H,4-7H2,1-3H3,(H,15,16)/t9-,10-/m0/s1. The lowest BCUT2D eigenvalue weighted by Crippen LogP contribution is -2.43. The maximum atomic E-state index is 12.0. The molecule has 0 bridgehead atoms. The Labute approximate surface area is 107 Å². The lowest BCUT2D eigenvalue weighted by atomic mass is 10.0. The summed E-state index contributed by atoms with van der Waals surface area (Å²) in [6.45, 7) is 5.88. The first-order valence-corrected chi connectivity index (χ1v) is 6.50. The lowest BCUT2D eigenvalue weighted by Gasteiger charge is -2.26. The summed E-state index contributed by atoms with van der Waals surface area (Å²) in [4.78, 5) is 24.6. The topological polar surface area (TPSA) is 66.8 Å². The number of amides is 1. The van der Waals surface area contributed by atoms with Crippen molar-refractivity contribution in [3.8, 4) is 0 Å². The Morgan fingerprint density at radius 1 is 1.22 bits per heavy atom. The third kappa shape index (κ3) is 2.94. The molecule has 0 aromatic heterocycles. The van der Waals surface area contributed by atoms with E-state index in [1.165, 1.54) is 17.7 Å². The summed E-state index contributed by atoms with van der Waals surface area (Å²) in [6.07, 6.45) is 2.40. The van der Waals surface area contributed by atoms with Crippen LogP contribution in [0.25, 0.3) is 0 Å². The van der Waals surface area contributed by atoms with Crippen LogP contribution in [0.4, 0.5) is 4.79 Å². The highest BCUT2D eigenvalue weighted by Crippen LogP contribution is 2.43. The molecule has 1 heterocycles. The van der Waals surface area contributed by atoms with Crippen LogP contribution >= 0.6 is 0 Å². The molecule has 2 fully saturated rings. The van der Waals surface area contributed by atoms with Crippen molar-refractivity contribution in [2.45, 2.75) is 51.7 Å². The molecule has 0 unspecified atom stereocenters. The molecule has 0 radical (unpaired) electrons. The Morgan fingerprint density at radius 2 is 1.83 bits per heavy atom. The fourth-order valence-corrected chi connectivity index (χ4v) is 2.53. The zero-order valence-electron chi connectivity index (χ0n) is 11.2. The number of likely N-dealkylation sites (tertiary alicyclic amines) is 1. The molecular weight excluding hydrogens is 234 g/mol. The van der Waals surface area contributed by atoms with E-state index in [1.54, 1.807) is 20.8 Å². The first-order chi connectivity index (χ1) is 8.28. The van der Waals surface area contributed by atoms with Crippen molar-refractivity contribution in [2.75, 3.05) is 6.54 Å². The van der Waals surface area contributed by atoms with Gasteiger partial charge in [0, 0.05) is 6.54 Å². The second-order valence-corrected chi connectivity index (χ2v) is 6.32. The summed E-state index contributed by atoms with van der Waals surface area (Å²) >= 11 is 0. The van der Waals surface area contributed by atoms with E-state index >= 15 is 0 Å². The average Bonchev–Trinajstić information content (AvgIpc) is 2.94. The molecule has 1 saturated heterocycles. The first-order valence-electron chi connectivity index (χ1n) is 6.50. The molecule has 1 aliphatic carbocycles. The molecule has 1 N–H and O–H groups in total. The Hall–Kier alpha value is -1.26. The summed E-state index contributed by atoms with van der Waals surface area (Å²) in [5.74, 6) is 0.0157. The van der Waals surface area contributed by atoms with Gasteiger partial charge in [0.05, 0.1) is 0 Å². The monoisotopic (exact) mass is 255 g/mol. The Balaban J connectivity index is 2.04. The van der Waals surface area contributed by atoms with Gasteiger partial charge in [-0.3, -0.25) is 4.90 Å². The molecule has 2 aliphatic rings. The second-order valence-electron chi connectivity index (χ2n) is 6.32. The maximum absolute atomic E-state index is 12.0. The zero-order chi connectivity index (χ0) is 13.5. The van der Waals surface area contributed by atoms with E-state index in [2.05, 4.69) is 0 Å². The van der Waals surface area contributed by atoms with E-state index in [0.29, 0.717) is 24.8 Å². The predicted molar refractivity (Wildman–Crippen MR) is 65.2 cm³/mol. The Bertz CT molecular complexity index is 356. The van der Waals surface area contributed by atoms with Crippen LogP contribution in [0.2, 0.25) is 0 Å². The van der Waals surface area contributed by atoms with Gasteiger partial charge in [0.25, 0.3) is 0 Å². The van der Waals surface area contributed by atoms with Gasteiger partial charge in [-0.25, -0.2) is 9.59 Å². The summed E-state index contributed by atoms with van der Waals surface area (Å²) in [7, 11) is 0. The van der Waals surface area contributed by atoms with Crippen molar-refractivity contribution in [2.24, 2.45) is 11.8 Å². The molecule has 0 aromatic rings. The SMILES string of the molecule is CC(C)(C)OC(=O)N1C[C@@H](C2CC2)C[C@H]1C(=O)O. The summed E-state index contributed by atoms with van der Waals surface area (Å²) in [5.41, 5.74) is -0.586. The number of carboxylic acid groups (broad SMARTS) is 1. The molecule has 18 heavy (non-hydrogen) atoms. The van der Waals surface area contributed by atoms with E-state index in [1.807, 2.05) is 0 Å². The molecule has 0 spiro atoms. The van der Waals surface area contributed by atoms with Crippen molar-refractivity contribution in [3.05, 3.63) is 0 Å². The first kappa shape index (κ1) is 13.2. The summed E-state index contributed by atoms with van der Waals surface area (Å²) < 4.78 is 5.27. The van der Waals surface area contributed by atoms with Gasteiger partial charge >= 0.3 is 12.1 Å². The number of carbonyl (C=O) groups is 2. The van der Waals surface area contributed by atoms with Gasteiger partial charge in [-0.15, -0.1) is 0 Å². The minimum Gasteiger partial charge on any atom is -0.480 e. The molecule has 2 rings (SSSR count). The molecule has 2 atom stereocenters. The normalized spacial score (nSPS) is 28.3. The number of nitrogens with zero attached hydrogens (tertiary/aromatic N) is 1. The van der Waals surface area contributed by atoms with Gasteiger partial charge in [-0.2, -0.15) is 0 Å². The van der Waals surface area contributed by atoms with Gasteiger partial charge in [0.1, 0.15) is 11.6 Å². The Morgan fingerprint density at radius 3 is 2.28 bits per heavy atom. The van der Waals surface area contributed by atoms with Gasteiger partial charge < -0.3 is 9.84 Å². The van der Waals surface area contributed by atoms with E-state index in [0.717, 1.165) is 0 Å². The largest absolute Gasteiger partial charge is 0.480 e. The molecular formula is C13H21NO4. The summed E-state index contributed by atoms with van der Waals surface area (Å²) in [6, 6.07) is -0.717. The number of ether oxygens (including phenoxy) is 1. The zero-order valence-corrected chi connectivity index (χ0v) is 11.2. The van der Waals surface area contributed by atoms with Crippen LogP contribution in [-0.2, 0) is 9.53 Å². The smallest absolute Gasteiger partial charge is 0.411 e. The van der Waals surface area contributed by atoms with Crippen molar-refractivity contribution in [3.63, 3.8) is 0 Å². The molecule has 5 heteroatoms. The van der Waals surface area contributed by atoms with Crippen LogP contribution < -0.4 is 0 Å². The Kier molecular flexibility index (Phi) is 3.25. The maximum Gasteiger partial charge on any atom is 0.411 e. The number of carbonyl (C=O) groups excluding carboxylic acids is 1. The fourth-order valence-electron chi connectivity index (χ4n) is 2.53. The quantitative estimate of drug-likeness (QED) is 0.820. The average molecular weight is 255 g/mol. The number of hydrogen-bond donors (Lipinski definition) is 1. The fraction of sp³-hybridized carbons (Fsp3) is 0.846. The molecule has 1 aliphatic heterocycles. The van der Waals surface area contributed by atoms with Gasteiger partial charge in [-0.1, -0.05) is 0 Å². The third-order valence-electron chi connectivity index (χ3n) is 3.54. The number of aliphatic carboxylic acids is 1. The van der Waals surface area contributed by atoms with Crippen molar-refractivity contribution >= 4 is 12.1 Å². The van der Waals surface area contributed by atoms with Crippen molar-refractivity contribution in [1.29, 1.82) is 0 Å². The highest BCUT2D eigenvalue weighted by atomic mass is 16.6. The van der Waals surface area contributed by atoms with Gasteiger partial charge in [-0.05, 0) is 51.9 Å². The molecule has 0 aromatic carbocycles. The van der Waals surface area contributed by atoms with Crippen LogP contribution in [0.15, 0.2) is 0 Å². The summed E-state index contributed by atoms with van der Waals surface area (Å²) in [5, 5.41) is 9.20. The molecule has 5 nitrogen and oxygen atoms in total. The van der Waals surface area contributed by atoms with E-state index in [-0.39, 0.29) is 0 Å². The van der Waals surface area contributed by atoms with Crippen LogP contribution in [0.3, 0.4) is 0 Å². The number of carboxylic acids is 1. The predicted octanol–water partition coefficient (Wildman–Crippen LogP) is 2.11. The van der Waals surface area contributed by atoms with Crippen LogP contribution in [0.5, 0.6) is 0 Å². The van der Waals surface area contributed by atoms with Gasteiger partial charge in [0.2, 0.25) is 0 Å². The molecule has 102 valence electrons. The van der Waals surface area contributed by atoms with Crippen LogP contribution in [0, 0.1) is 11.8 Å². The minimum atomic E-state index is -0.927. The highest BCUT2D eigenvalue weighted by Gasteiger charge is 2.46. The van der Waals surface area contributed by atoms with E-state index < -0.39 is 23.7 Å². The molecule has 1 amide bonds. The minimum absolute atomic E-state index is 0.332. The van der Waals surface area contributed by atoms with E-state index in [9.17, 15) is 14.7 Å². The highest BCUT2D eigenvalue weighted by molar-refractivity contribution is 5.81. The number of rotatable bonds is 2. The second kappa shape index (κ2) is 4.44. The van der Waals surface area contributed by atoms with Crippen LogP contribution in [0.1, 0.15) is 40.0 Å². The van der Waals surface area contributed by atoms with Crippen LogP contribution in [-0.4, -0.2) is 40.3 Å². The van der Waals surface area contributed by atoms with Gasteiger partial charge in [0.15, 0.2) is 0 Å². The van der Waals surface area contributed by atoms with Crippen molar-refractivity contribution in [1.82, 2.24) is 4.90 Å². The van der Waals surface area contributed by atoms with Crippen molar-refractivity contribution < 1.29 is 19.4 Å². The lowest BCUT2D eigenvalue weighted by molar-refractivity contribution is -0.142. The third-order valence-corrected chi connectivity index (χ3v) is 3.54. The number of hydrogen-bond acceptors (Lipinski definition) is 3. The molecule has 1 saturated carbocycles.